The lowest BCUT2D eigenvalue weighted by Gasteiger charge is -2.17. The third-order valence-corrected chi connectivity index (χ3v) is 3.42. The molecule has 1 heterocycles. The smallest absolute Gasteiger partial charge is 0.407 e. The van der Waals surface area contributed by atoms with E-state index in [0.29, 0.717) is 19.0 Å². The van der Waals surface area contributed by atoms with E-state index in [0.717, 1.165) is 8.47 Å². The summed E-state index contributed by atoms with van der Waals surface area (Å²) in [5, 5.41) is 11.8. The number of pyridine rings is 1. The van der Waals surface area contributed by atoms with Crippen LogP contribution in [0.4, 0.5) is 4.79 Å². The van der Waals surface area contributed by atoms with Gasteiger partial charge in [-0.3, -0.25) is 4.79 Å². The summed E-state index contributed by atoms with van der Waals surface area (Å²) in [5.74, 6) is 0.144. The van der Waals surface area contributed by atoms with E-state index in [1.807, 2.05) is 6.07 Å². The summed E-state index contributed by atoms with van der Waals surface area (Å²) in [6, 6.07) is 3.57. The van der Waals surface area contributed by atoms with E-state index >= 15 is 0 Å². The van der Waals surface area contributed by atoms with Crippen LogP contribution in [0.5, 0.6) is 5.88 Å². The van der Waals surface area contributed by atoms with Gasteiger partial charge in [-0.15, -0.1) is 0 Å². The molecule has 132 valence electrons. The zero-order valence-electron chi connectivity index (χ0n) is 13.3. The van der Waals surface area contributed by atoms with Crippen molar-refractivity contribution in [3.8, 4) is 5.88 Å². The van der Waals surface area contributed by atoms with Gasteiger partial charge in [-0.05, 0) is 28.7 Å². The van der Waals surface area contributed by atoms with Gasteiger partial charge in [0.05, 0.1) is 13.2 Å². The summed E-state index contributed by atoms with van der Waals surface area (Å²) in [7, 11) is 1.54. The van der Waals surface area contributed by atoms with Crippen LogP contribution >= 0.6 is 22.6 Å². The monoisotopic (exact) mass is 449 g/mol. The van der Waals surface area contributed by atoms with Gasteiger partial charge in [0, 0.05) is 42.1 Å². The zero-order valence-corrected chi connectivity index (χ0v) is 15.4. The Hall–Kier alpha value is -1.88. The maximum Gasteiger partial charge on any atom is 0.407 e. The largest absolute Gasteiger partial charge is 0.476 e. The Bertz CT molecular complexity index is 551. The molecular formula is C15H20IN3O5. The maximum atomic E-state index is 11.4. The molecule has 0 saturated carbocycles. The quantitative estimate of drug-likeness (QED) is 0.318. The van der Waals surface area contributed by atoms with E-state index in [1.54, 1.807) is 19.4 Å². The highest BCUT2D eigenvalue weighted by atomic mass is 127. The molecule has 0 fully saturated rings. The summed E-state index contributed by atoms with van der Waals surface area (Å²) in [6.07, 6.45) is 3.36. The zero-order chi connectivity index (χ0) is 17.8. The minimum atomic E-state index is -1.08. The van der Waals surface area contributed by atoms with E-state index in [-0.39, 0.29) is 25.6 Å². The molecule has 0 aliphatic rings. The Morgan fingerprint density at radius 3 is 2.83 bits per heavy atom. The van der Waals surface area contributed by atoms with Gasteiger partial charge < -0.3 is 24.8 Å². The average molecular weight is 449 g/mol. The van der Waals surface area contributed by atoms with Crippen molar-refractivity contribution in [2.24, 2.45) is 0 Å². The second-order valence-electron chi connectivity index (χ2n) is 4.58. The van der Waals surface area contributed by atoms with E-state index in [4.69, 9.17) is 14.6 Å². The van der Waals surface area contributed by atoms with Crippen molar-refractivity contribution in [3.63, 3.8) is 0 Å². The predicted molar refractivity (Wildman–Crippen MR) is 96.1 cm³/mol. The van der Waals surface area contributed by atoms with Gasteiger partial charge >= 0.3 is 6.09 Å². The van der Waals surface area contributed by atoms with Crippen molar-refractivity contribution in [1.29, 1.82) is 0 Å². The van der Waals surface area contributed by atoms with E-state index < -0.39 is 6.09 Å². The lowest BCUT2D eigenvalue weighted by molar-refractivity contribution is -0.116. The summed E-state index contributed by atoms with van der Waals surface area (Å²) < 4.78 is 11.2. The first-order valence-corrected chi connectivity index (χ1v) is 8.26. The third kappa shape index (κ3) is 8.67. The van der Waals surface area contributed by atoms with Crippen molar-refractivity contribution in [2.75, 3.05) is 40.0 Å². The molecule has 0 aliphatic carbocycles. The fourth-order valence-corrected chi connectivity index (χ4v) is 1.91. The van der Waals surface area contributed by atoms with E-state index in [1.165, 1.54) is 12.2 Å². The van der Waals surface area contributed by atoms with Crippen LogP contribution in [0.3, 0.4) is 0 Å². The number of methoxy groups -OCH3 is 1. The van der Waals surface area contributed by atoms with Gasteiger partial charge in [0.15, 0.2) is 0 Å². The molecule has 8 nitrogen and oxygen atoms in total. The van der Waals surface area contributed by atoms with Crippen molar-refractivity contribution in [1.82, 2.24) is 15.2 Å². The number of nitrogens with zero attached hydrogens (tertiary/aromatic N) is 2. The predicted octanol–water partition coefficient (Wildman–Crippen LogP) is 1.36. The van der Waals surface area contributed by atoms with Crippen LogP contribution < -0.4 is 10.1 Å². The molecule has 0 saturated heterocycles. The van der Waals surface area contributed by atoms with Crippen LogP contribution in [0.25, 0.3) is 0 Å². The number of hydrogen-bond donors (Lipinski definition) is 2. The summed E-state index contributed by atoms with van der Waals surface area (Å²) in [6.45, 7) is 1.26. The molecule has 9 heteroatoms. The van der Waals surface area contributed by atoms with Gasteiger partial charge in [-0.25, -0.2) is 9.78 Å². The maximum absolute atomic E-state index is 11.4. The van der Waals surface area contributed by atoms with Crippen molar-refractivity contribution < 1.29 is 24.2 Å². The first-order valence-electron chi connectivity index (χ1n) is 7.18. The Balaban J connectivity index is 2.34. The molecule has 1 aromatic rings. The molecule has 0 unspecified atom stereocenters. The highest BCUT2D eigenvalue weighted by Gasteiger charge is 2.10. The molecule has 0 aliphatic heterocycles. The van der Waals surface area contributed by atoms with Gasteiger partial charge in [-0.2, -0.15) is 0 Å². The van der Waals surface area contributed by atoms with Crippen molar-refractivity contribution in [3.05, 3.63) is 34.1 Å². The lowest BCUT2D eigenvalue weighted by atomic mass is 10.4. The van der Waals surface area contributed by atoms with Gasteiger partial charge in [0.25, 0.3) is 0 Å². The minimum absolute atomic E-state index is 0.0938. The van der Waals surface area contributed by atoms with Crippen LogP contribution in [-0.2, 0) is 9.53 Å². The second-order valence-corrected chi connectivity index (χ2v) is 5.82. The number of nitrogens with one attached hydrogen (secondary N) is 1. The highest BCUT2D eigenvalue weighted by Crippen LogP contribution is 2.09. The second kappa shape index (κ2) is 11.6. The number of rotatable bonds is 10. The van der Waals surface area contributed by atoms with Crippen LogP contribution in [0.15, 0.2) is 30.5 Å². The number of carboxylic acid groups (broad SMARTS) is 1. The highest BCUT2D eigenvalue weighted by molar-refractivity contribution is 14.1. The third-order valence-electron chi connectivity index (χ3n) is 2.78. The average Bonchev–Trinajstić information content (AvgIpc) is 2.55. The number of carbonyl (C=O) groups is 2. The fourth-order valence-electron chi connectivity index (χ4n) is 1.60. The molecule has 0 aromatic carbocycles. The van der Waals surface area contributed by atoms with Gasteiger partial charge in [-0.1, -0.05) is 6.08 Å². The summed E-state index contributed by atoms with van der Waals surface area (Å²) in [5.41, 5.74) is 0. The first kappa shape index (κ1) is 20.2. The molecule has 24 heavy (non-hydrogen) atoms. The molecule has 0 radical (unpaired) electrons. The summed E-state index contributed by atoms with van der Waals surface area (Å²) in [4.78, 5) is 27.8. The molecule has 2 N–H and O–H groups in total. The lowest BCUT2D eigenvalue weighted by Crippen LogP contribution is -2.34. The number of ether oxygens (including phenoxy) is 2. The SMILES string of the molecule is COCCNC(=O)C=CCN(CCOc1ccc(I)cn1)C(=O)O. The molecule has 0 atom stereocenters. The minimum Gasteiger partial charge on any atom is -0.476 e. The molecule has 1 aromatic heterocycles. The Morgan fingerprint density at radius 2 is 2.21 bits per heavy atom. The normalized spacial score (nSPS) is 10.6. The topological polar surface area (TPSA) is 101 Å². The van der Waals surface area contributed by atoms with Crippen LogP contribution in [0, 0.1) is 3.57 Å². The molecule has 0 bridgehead atoms. The standard InChI is InChI=1S/C15H20IN3O5/c1-23-9-6-17-13(20)3-2-7-19(15(21)22)8-10-24-14-5-4-12(16)11-18-14/h2-5,11H,6-10H2,1H3,(H,17,20)(H,21,22). The fraction of sp³-hybridized carbons (Fsp3) is 0.400. The van der Waals surface area contributed by atoms with Crippen LogP contribution in [0.2, 0.25) is 0 Å². The van der Waals surface area contributed by atoms with Crippen LogP contribution in [-0.4, -0.2) is 66.9 Å². The van der Waals surface area contributed by atoms with Crippen molar-refractivity contribution >= 4 is 34.6 Å². The van der Waals surface area contributed by atoms with Gasteiger partial charge in [0.2, 0.25) is 11.8 Å². The Morgan fingerprint density at radius 1 is 1.42 bits per heavy atom. The molecule has 0 spiro atoms. The first-order chi connectivity index (χ1) is 11.5. The molecular weight excluding hydrogens is 429 g/mol. The van der Waals surface area contributed by atoms with Gasteiger partial charge in [0.1, 0.15) is 6.61 Å². The van der Waals surface area contributed by atoms with E-state index in [2.05, 4.69) is 32.9 Å². The number of halogens is 1. The number of carbonyl (C=O) groups excluding carboxylic acids is 1. The summed E-state index contributed by atoms with van der Waals surface area (Å²) >= 11 is 2.13. The molecule has 2 amide bonds. The van der Waals surface area contributed by atoms with Crippen molar-refractivity contribution in [2.45, 2.75) is 0 Å². The Labute approximate surface area is 154 Å². The number of aromatic nitrogens is 1. The molecule has 1 rings (SSSR count). The number of hydrogen-bond acceptors (Lipinski definition) is 5. The van der Waals surface area contributed by atoms with E-state index in [9.17, 15) is 9.59 Å². The van der Waals surface area contributed by atoms with Crippen LogP contribution in [0.1, 0.15) is 0 Å². The Kier molecular flexibility index (Phi) is 9.77. The number of amides is 2.